The van der Waals surface area contributed by atoms with E-state index in [2.05, 4.69) is 4.72 Å². The van der Waals surface area contributed by atoms with Gasteiger partial charge < -0.3 is 9.47 Å². The third-order valence-electron chi connectivity index (χ3n) is 2.82. The maximum Gasteiger partial charge on any atom is 0.344 e. The summed E-state index contributed by atoms with van der Waals surface area (Å²) in [7, 11) is -3.67. The molecular formula is C16H17NO5S. The molecule has 0 heterocycles. The molecule has 0 aromatic heterocycles. The molecule has 0 fully saturated rings. The Morgan fingerprint density at radius 3 is 2.30 bits per heavy atom. The molecule has 23 heavy (non-hydrogen) atoms. The zero-order valence-corrected chi connectivity index (χ0v) is 13.4. The van der Waals surface area contributed by atoms with E-state index in [1.807, 2.05) is 0 Å². The number of nitrogens with one attached hydrogen (secondary N) is 1. The molecule has 0 aliphatic carbocycles. The van der Waals surface area contributed by atoms with E-state index < -0.39 is 16.0 Å². The zero-order valence-electron chi connectivity index (χ0n) is 12.6. The fraction of sp³-hybridized carbons (Fsp3) is 0.188. The number of carbonyl (C=O) groups excluding carboxylic acids is 1. The molecule has 0 saturated carbocycles. The summed E-state index contributed by atoms with van der Waals surface area (Å²) in [5, 5.41) is 0. The average Bonchev–Trinajstić information content (AvgIpc) is 2.54. The largest absolute Gasteiger partial charge is 0.482 e. The molecule has 0 atom stereocenters. The van der Waals surface area contributed by atoms with E-state index in [0.29, 0.717) is 11.4 Å². The molecule has 122 valence electrons. The summed E-state index contributed by atoms with van der Waals surface area (Å²) in [4.78, 5) is 11.3. The molecule has 0 spiro atoms. The standard InChI is InChI=1S/C16H17NO5S/c1-2-21-16(18)12-22-14-8-10-15(11-9-14)23(19,20)17-13-6-4-3-5-7-13/h3-11,17H,2,12H2,1H3. The molecule has 0 aliphatic rings. The first kappa shape index (κ1) is 16.8. The van der Waals surface area contributed by atoms with Crippen LogP contribution < -0.4 is 9.46 Å². The van der Waals surface area contributed by atoms with Gasteiger partial charge in [0.1, 0.15) is 5.75 Å². The lowest BCUT2D eigenvalue weighted by Gasteiger charge is -2.09. The van der Waals surface area contributed by atoms with Gasteiger partial charge in [0.25, 0.3) is 10.0 Å². The van der Waals surface area contributed by atoms with Crippen molar-refractivity contribution in [1.82, 2.24) is 0 Å². The molecule has 0 amide bonds. The first-order valence-corrected chi connectivity index (χ1v) is 8.46. The topological polar surface area (TPSA) is 81.7 Å². The van der Waals surface area contributed by atoms with Crippen molar-refractivity contribution < 1.29 is 22.7 Å². The average molecular weight is 335 g/mol. The summed E-state index contributed by atoms with van der Waals surface area (Å²) in [5.74, 6) is -0.0911. The molecule has 0 radical (unpaired) electrons. The third-order valence-corrected chi connectivity index (χ3v) is 4.22. The number of esters is 1. The molecular weight excluding hydrogens is 318 g/mol. The summed E-state index contributed by atoms with van der Waals surface area (Å²) in [6, 6.07) is 14.4. The van der Waals surface area contributed by atoms with Crippen molar-refractivity contribution in [2.45, 2.75) is 11.8 Å². The minimum absolute atomic E-state index is 0.102. The van der Waals surface area contributed by atoms with Crippen LogP contribution in [0.4, 0.5) is 5.69 Å². The fourth-order valence-corrected chi connectivity index (χ4v) is 2.84. The van der Waals surface area contributed by atoms with Crippen molar-refractivity contribution in [3.05, 3.63) is 54.6 Å². The van der Waals surface area contributed by atoms with Crippen LogP contribution >= 0.6 is 0 Å². The molecule has 2 aromatic carbocycles. The normalized spacial score (nSPS) is 10.8. The molecule has 2 aromatic rings. The van der Waals surface area contributed by atoms with Crippen LogP contribution in [0.2, 0.25) is 0 Å². The molecule has 7 heteroatoms. The number of ether oxygens (including phenoxy) is 2. The lowest BCUT2D eigenvalue weighted by Crippen LogP contribution is -2.15. The van der Waals surface area contributed by atoms with Gasteiger partial charge in [-0.05, 0) is 43.3 Å². The molecule has 2 rings (SSSR count). The second-order valence-corrected chi connectivity index (χ2v) is 6.22. The Morgan fingerprint density at radius 2 is 1.70 bits per heavy atom. The number of hydrogen-bond acceptors (Lipinski definition) is 5. The Bertz CT molecular complexity index is 742. The second kappa shape index (κ2) is 7.64. The maximum atomic E-state index is 12.2. The second-order valence-electron chi connectivity index (χ2n) is 4.54. The van der Waals surface area contributed by atoms with E-state index in [1.54, 1.807) is 37.3 Å². The lowest BCUT2D eigenvalue weighted by atomic mass is 10.3. The maximum absolute atomic E-state index is 12.2. The summed E-state index contributed by atoms with van der Waals surface area (Å²) in [6.07, 6.45) is 0. The fourth-order valence-electron chi connectivity index (χ4n) is 1.78. The Morgan fingerprint density at radius 1 is 1.04 bits per heavy atom. The van der Waals surface area contributed by atoms with E-state index in [0.717, 1.165) is 0 Å². The molecule has 0 bridgehead atoms. The van der Waals surface area contributed by atoms with Gasteiger partial charge in [-0.3, -0.25) is 4.72 Å². The number of anilines is 1. The molecule has 1 N–H and O–H groups in total. The van der Waals surface area contributed by atoms with Crippen molar-refractivity contribution >= 4 is 21.7 Å². The van der Waals surface area contributed by atoms with E-state index in [1.165, 1.54) is 24.3 Å². The Labute approximate surface area is 135 Å². The molecule has 0 unspecified atom stereocenters. The summed E-state index contributed by atoms with van der Waals surface area (Å²) >= 11 is 0. The van der Waals surface area contributed by atoms with Crippen LogP contribution in [0.1, 0.15) is 6.92 Å². The van der Waals surface area contributed by atoms with Crippen LogP contribution in [-0.2, 0) is 19.6 Å². The van der Waals surface area contributed by atoms with Gasteiger partial charge in [0.05, 0.1) is 11.5 Å². The number of carbonyl (C=O) groups is 1. The van der Waals surface area contributed by atoms with Gasteiger partial charge in [0, 0.05) is 5.69 Å². The first-order valence-electron chi connectivity index (χ1n) is 6.97. The summed E-state index contributed by atoms with van der Waals surface area (Å²) < 4.78 is 36.9. The number of para-hydroxylation sites is 1. The van der Waals surface area contributed by atoms with Gasteiger partial charge in [-0.2, -0.15) is 0 Å². The van der Waals surface area contributed by atoms with Crippen molar-refractivity contribution in [3.63, 3.8) is 0 Å². The van der Waals surface area contributed by atoms with Crippen molar-refractivity contribution in [1.29, 1.82) is 0 Å². The highest BCUT2D eigenvalue weighted by Gasteiger charge is 2.14. The van der Waals surface area contributed by atoms with E-state index in [9.17, 15) is 13.2 Å². The summed E-state index contributed by atoms with van der Waals surface area (Å²) in [5.41, 5.74) is 0.482. The Kier molecular flexibility index (Phi) is 5.59. The lowest BCUT2D eigenvalue weighted by molar-refractivity contribution is -0.145. The van der Waals surface area contributed by atoms with E-state index >= 15 is 0 Å². The zero-order chi connectivity index (χ0) is 16.7. The number of rotatable bonds is 7. The highest BCUT2D eigenvalue weighted by atomic mass is 32.2. The number of hydrogen-bond donors (Lipinski definition) is 1. The molecule has 0 saturated heterocycles. The third kappa shape index (κ3) is 5.00. The van der Waals surface area contributed by atoms with Crippen LogP contribution in [-0.4, -0.2) is 27.6 Å². The van der Waals surface area contributed by atoms with Crippen LogP contribution in [0.5, 0.6) is 5.75 Å². The highest BCUT2D eigenvalue weighted by molar-refractivity contribution is 7.92. The number of sulfonamides is 1. The smallest absolute Gasteiger partial charge is 0.344 e. The van der Waals surface area contributed by atoms with E-state index in [-0.39, 0.29) is 18.1 Å². The van der Waals surface area contributed by atoms with Gasteiger partial charge in [-0.15, -0.1) is 0 Å². The van der Waals surface area contributed by atoms with Gasteiger partial charge in [-0.25, -0.2) is 13.2 Å². The number of benzene rings is 2. The van der Waals surface area contributed by atoms with Crippen LogP contribution in [0, 0.1) is 0 Å². The van der Waals surface area contributed by atoms with Crippen molar-refractivity contribution in [2.24, 2.45) is 0 Å². The minimum Gasteiger partial charge on any atom is -0.482 e. The van der Waals surface area contributed by atoms with Crippen LogP contribution in [0.25, 0.3) is 0 Å². The quantitative estimate of drug-likeness (QED) is 0.786. The molecule has 0 aliphatic heterocycles. The van der Waals surface area contributed by atoms with Crippen molar-refractivity contribution in [2.75, 3.05) is 17.9 Å². The predicted molar refractivity (Wildman–Crippen MR) is 85.8 cm³/mol. The monoisotopic (exact) mass is 335 g/mol. The highest BCUT2D eigenvalue weighted by Crippen LogP contribution is 2.19. The Balaban J connectivity index is 2.02. The summed E-state index contributed by atoms with van der Waals surface area (Å²) in [6.45, 7) is 1.77. The van der Waals surface area contributed by atoms with E-state index in [4.69, 9.17) is 9.47 Å². The minimum atomic E-state index is -3.67. The van der Waals surface area contributed by atoms with Gasteiger partial charge in [-0.1, -0.05) is 18.2 Å². The van der Waals surface area contributed by atoms with Gasteiger partial charge >= 0.3 is 5.97 Å². The van der Waals surface area contributed by atoms with Gasteiger partial charge in [0.2, 0.25) is 0 Å². The first-order chi connectivity index (χ1) is 11.0. The molecule has 6 nitrogen and oxygen atoms in total. The van der Waals surface area contributed by atoms with Gasteiger partial charge in [0.15, 0.2) is 6.61 Å². The predicted octanol–water partition coefficient (Wildman–Crippen LogP) is 2.43. The van der Waals surface area contributed by atoms with Crippen molar-refractivity contribution in [3.8, 4) is 5.75 Å². The SMILES string of the molecule is CCOC(=O)COc1ccc(S(=O)(=O)Nc2ccccc2)cc1. The Hall–Kier alpha value is -2.54. The van der Waals surface area contributed by atoms with Crippen LogP contribution in [0.15, 0.2) is 59.5 Å². The van der Waals surface area contributed by atoms with Crippen LogP contribution in [0.3, 0.4) is 0 Å².